The topological polar surface area (TPSA) is 96.6 Å². The third kappa shape index (κ3) is 4.91. The average Bonchev–Trinajstić information content (AvgIpc) is 3.29. The highest BCUT2D eigenvalue weighted by Gasteiger charge is 2.26. The van der Waals surface area contributed by atoms with Crippen LogP contribution in [0.25, 0.3) is 21.9 Å². The number of rotatable bonds is 4. The molecule has 1 aliphatic heterocycles. The van der Waals surface area contributed by atoms with E-state index in [1.54, 1.807) is 4.90 Å². The second-order valence-corrected chi connectivity index (χ2v) is 10.4. The van der Waals surface area contributed by atoms with Gasteiger partial charge in [-0.15, -0.1) is 0 Å². The van der Waals surface area contributed by atoms with Crippen LogP contribution in [0.1, 0.15) is 46.2 Å². The zero-order chi connectivity index (χ0) is 25.4. The van der Waals surface area contributed by atoms with E-state index < -0.39 is 5.60 Å². The third-order valence-electron chi connectivity index (χ3n) is 6.18. The summed E-state index contributed by atoms with van der Waals surface area (Å²) in [5.41, 5.74) is 3.98. The van der Waals surface area contributed by atoms with Gasteiger partial charge in [0.05, 0.1) is 16.6 Å². The van der Waals surface area contributed by atoms with Crippen LogP contribution in [0.3, 0.4) is 0 Å². The number of amides is 1. The largest absolute Gasteiger partial charge is 0.444 e. The van der Waals surface area contributed by atoms with Crippen molar-refractivity contribution in [2.24, 2.45) is 0 Å². The molecule has 0 saturated carbocycles. The molecule has 36 heavy (non-hydrogen) atoms. The Hall–Kier alpha value is -3.88. The molecule has 188 valence electrons. The van der Waals surface area contributed by atoms with E-state index in [2.05, 4.69) is 46.3 Å². The number of hydrogen-bond donors (Lipinski definition) is 1. The maximum atomic E-state index is 12.3. The smallest absolute Gasteiger partial charge is 0.410 e. The zero-order valence-electron chi connectivity index (χ0n) is 21.4. The summed E-state index contributed by atoms with van der Waals surface area (Å²) in [6, 6.07) is 12.0. The van der Waals surface area contributed by atoms with Gasteiger partial charge in [-0.3, -0.25) is 0 Å². The fraction of sp³-hybridized carbons (Fsp3) is 0.407. The molecule has 0 atom stereocenters. The summed E-state index contributed by atoms with van der Waals surface area (Å²) in [6.07, 6.45) is 1.57. The van der Waals surface area contributed by atoms with E-state index in [1.807, 2.05) is 51.2 Å². The number of fused-ring (bicyclic) bond motifs is 3. The fourth-order valence-corrected chi connectivity index (χ4v) is 4.36. The van der Waals surface area contributed by atoms with E-state index in [-0.39, 0.29) is 12.0 Å². The van der Waals surface area contributed by atoms with Crippen LogP contribution in [0.5, 0.6) is 0 Å². The van der Waals surface area contributed by atoms with Crippen molar-refractivity contribution in [1.29, 1.82) is 0 Å². The van der Waals surface area contributed by atoms with Gasteiger partial charge < -0.3 is 24.4 Å². The number of ether oxygens (including phenoxy) is 1. The Labute approximate surface area is 210 Å². The van der Waals surface area contributed by atoms with Crippen molar-refractivity contribution in [2.45, 2.75) is 46.1 Å². The van der Waals surface area contributed by atoms with Crippen LogP contribution in [-0.4, -0.2) is 57.9 Å². The summed E-state index contributed by atoms with van der Waals surface area (Å²) in [5.74, 6) is 0.742. The van der Waals surface area contributed by atoms with Crippen molar-refractivity contribution < 1.29 is 14.1 Å². The van der Waals surface area contributed by atoms with E-state index in [4.69, 9.17) is 14.2 Å². The molecule has 9 heteroatoms. The Morgan fingerprint density at radius 3 is 2.44 bits per heavy atom. The highest BCUT2D eigenvalue weighted by molar-refractivity contribution is 6.04. The van der Waals surface area contributed by atoms with Gasteiger partial charge in [-0.25, -0.2) is 14.8 Å². The van der Waals surface area contributed by atoms with Crippen molar-refractivity contribution in [3.63, 3.8) is 0 Å². The number of benzene rings is 2. The van der Waals surface area contributed by atoms with Crippen LogP contribution in [-0.2, 0) is 4.74 Å². The van der Waals surface area contributed by atoms with E-state index in [0.29, 0.717) is 19.0 Å². The molecule has 1 amide bonds. The molecule has 5 rings (SSSR count). The maximum Gasteiger partial charge on any atom is 0.410 e. The number of nitrogens with zero attached hydrogens (tertiary/aromatic N) is 5. The number of piperazine rings is 1. The number of hydrogen-bond acceptors (Lipinski definition) is 8. The van der Waals surface area contributed by atoms with Crippen LogP contribution in [0.2, 0.25) is 0 Å². The third-order valence-corrected chi connectivity index (χ3v) is 6.18. The lowest BCUT2D eigenvalue weighted by atomic mass is 10.0. The van der Waals surface area contributed by atoms with Crippen molar-refractivity contribution in [3.05, 3.63) is 48.3 Å². The number of aromatic nitrogens is 3. The molecule has 2 aromatic carbocycles. The van der Waals surface area contributed by atoms with Crippen LogP contribution >= 0.6 is 0 Å². The molecule has 2 aromatic heterocycles. The van der Waals surface area contributed by atoms with Gasteiger partial charge in [0.1, 0.15) is 5.60 Å². The Morgan fingerprint density at radius 1 is 1.06 bits per heavy atom. The molecule has 1 saturated heterocycles. The Morgan fingerprint density at radius 2 is 1.78 bits per heavy atom. The van der Waals surface area contributed by atoms with Crippen LogP contribution in [0, 0.1) is 0 Å². The van der Waals surface area contributed by atoms with E-state index >= 15 is 0 Å². The molecule has 0 spiro atoms. The minimum absolute atomic E-state index is 0.224. The normalized spacial score (nSPS) is 14.6. The van der Waals surface area contributed by atoms with Gasteiger partial charge in [-0.05, 0) is 63.1 Å². The summed E-state index contributed by atoms with van der Waals surface area (Å²) in [7, 11) is 0. The first-order valence-corrected chi connectivity index (χ1v) is 12.3. The number of anilines is 3. The first-order valence-electron chi connectivity index (χ1n) is 12.3. The van der Waals surface area contributed by atoms with Crippen molar-refractivity contribution >= 4 is 45.3 Å². The van der Waals surface area contributed by atoms with E-state index in [9.17, 15) is 4.79 Å². The number of carbonyl (C=O) groups excluding carboxylic acids is 1. The van der Waals surface area contributed by atoms with Crippen molar-refractivity contribution in [3.8, 4) is 0 Å². The summed E-state index contributed by atoms with van der Waals surface area (Å²) in [4.78, 5) is 25.7. The molecule has 0 bridgehead atoms. The van der Waals surface area contributed by atoms with Gasteiger partial charge in [0.15, 0.2) is 5.58 Å². The summed E-state index contributed by atoms with van der Waals surface area (Å²) < 4.78 is 11.0. The summed E-state index contributed by atoms with van der Waals surface area (Å²) >= 11 is 0. The molecule has 1 N–H and O–H groups in total. The molecular formula is C27H32N6O3. The highest BCUT2D eigenvalue weighted by Crippen LogP contribution is 2.31. The molecule has 1 fully saturated rings. The summed E-state index contributed by atoms with van der Waals surface area (Å²) in [6.45, 7) is 12.6. The van der Waals surface area contributed by atoms with Crippen LogP contribution in [0.4, 0.5) is 22.1 Å². The molecule has 0 unspecified atom stereocenters. The lowest BCUT2D eigenvalue weighted by Gasteiger charge is -2.36. The quantitative estimate of drug-likeness (QED) is 0.391. The molecule has 0 radical (unpaired) electrons. The highest BCUT2D eigenvalue weighted by atomic mass is 16.6. The fourth-order valence-electron chi connectivity index (χ4n) is 4.36. The second-order valence-electron chi connectivity index (χ2n) is 10.4. The summed E-state index contributed by atoms with van der Waals surface area (Å²) in [5, 5.41) is 9.45. The van der Waals surface area contributed by atoms with Gasteiger partial charge in [-0.2, -0.15) is 0 Å². The average molecular weight is 489 g/mol. The monoisotopic (exact) mass is 488 g/mol. The number of carbonyl (C=O) groups is 1. The van der Waals surface area contributed by atoms with Crippen molar-refractivity contribution in [1.82, 2.24) is 20.0 Å². The van der Waals surface area contributed by atoms with Gasteiger partial charge in [0.2, 0.25) is 5.95 Å². The lowest BCUT2D eigenvalue weighted by molar-refractivity contribution is 0.0240. The Balaban J connectivity index is 1.28. The Kier molecular flexibility index (Phi) is 6.15. The van der Waals surface area contributed by atoms with Crippen LogP contribution < -0.4 is 10.2 Å². The SMILES string of the molecule is CC(C)c1noc2ccc3cnc(Nc4ccc(N5CCN(C(=O)OC(C)(C)C)CC5)cc4)nc3c12. The lowest BCUT2D eigenvalue weighted by Crippen LogP contribution is -2.50. The second kappa shape index (κ2) is 9.29. The number of nitrogens with one attached hydrogen (secondary N) is 1. The predicted octanol–water partition coefficient (Wildman–Crippen LogP) is 5.70. The van der Waals surface area contributed by atoms with Crippen molar-refractivity contribution in [2.75, 3.05) is 36.4 Å². The van der Waals surface area contributed by atoms with Gasteiger partial charge in [0, 0.05) is 49.1 Å². The molecule has 3 heterocycles. The first-order chi connectivity index (χ1) is 17.2. The zero-order valence-corrected chi connectivity index (χ0v) is 21.4. The predicted molar refractivity (Wildman–Crippen MR) is 141 cm³/mol. The molecule has 4 aromatic rings. The van der Waals surface area contributed by atoms with Gasteiger partial charge >= 0.3 is 6.09 Å². The molecule has 0 aliphatic carbocycles. The molecule has 1 aliphatic rings. The molecular weight excluding hydrogens is 456 g/mol. The Bertz CT molecular complexity index is 1380. The van der Waals surface area contributed by atoms with E-state index in [1.165, 1.54) is 0 Å². The molecule has 9 nitrogen and oxygen atoms in total. The maximum absolute atomic E-state index is 12.3. The first kappa shape index (κ1) is 23.8. The van der Waals surface area contributed by atoms with Gasteiger partial charge in [0.25, 0.3) is 0 Å². The van der Waals surface area contributed by atoms with E-state index in [0.717, 1.165) is 52.0 Å². The standard InChI is InChI=1S/C27H32N6O3/c1-17(2)23-22-21(36-31-23)11-6-18-16-28-25(30-24(18)22)29-19-7-9-20(10-8-19)32-12-14-33(15-13-32)26(34)35-27(3,4)5/h6-11,16-17H,12-15H2,1-5H3,(H,28,29,30). The minimum atomic E-state index is -0.482. The van der Waals surface area contributed by atoms with Gasteiger partial charge in [-0.1, -0.05) is 19.0 Å². The minimum Gasteiger partial charge on any atom is -0.444 e. The van der Waals surface area contributed by atoms with Crippen LogP contribution in [0.15, 0.2) is 47.1 Å².